The highest BCUT2D eigenvalue weighted by molar-refractivity contribution is 6.36. The summed E-state index contributed by atoms with van der Waals surface area (Å²) >= 11 is 12.0. The first-order valence-electron chi connectivity index (χ1n) is 7.28. The van der Waals surface area contributed by atoms with Crippen molar-refractivity contribution in [1.82, 2.24) is 15.2 Å². The number of nitrogens with zero attached hydrogens (tertiary/aromatic N) is 2. The fourth-order valence-corrected chi connectivity index (χ4v) is 2.96. The molecule has 6 nitrogen and oxygen atoms in total. The number of amides is 1. The lowest BCUT2D eigenvalue weighted by molar-refractivity contribution is 0.102. The number of para-hydroxylation sites is 1. The van der Waals surface area contributed by atoms with Gasteiger partial charge in [-0.3, -0.25) is 10.1 Å². The highest BCUT2D eigenvalue weighted by Gasteiger charge is 2.17. The van der Waals surface area contributed by atoms with Crippen LogP contribution in [-0.2, 0) is 0 Å². The van der Waals surface area contributed by atoms with E-state index in [1.54, 1.807) is 24.4 Å². The first-order chi connectivity index (χ1) is 12.1. The average Bonchev–Trinajstić information content (AvgIpc) is 3.21. The lowest BCUT2D eigenvalue weighted by Gasteiger charge is -2.00. The van der Waals surface area contributed by atoms with Crippen LogP contribution in [0.4, 0.5) is 6.01 Å². The Bertz CT molecular complexity index is 1090. The third-order valence-corrected chi connectivity index (χ3v) is 4.19. The Morgan fingerprint density at radius 2 is 1.96 bits per heavy atom. The van der Waals surface area contributed by atoms with Gasteiger partial charge in [0.05, 0.1) is 16.1 Å². The van der Waals surface area contributed by atoms with Crippen LogP contribution in [0.2, 0.25) is 10.0 Å². The van der Waals surface area contributed by atoms with Crippen LogP contribution in [-0.4, -0.2) is 21.1 Å². The summed E-state index contributed by atoms with van der Waals surface area (Å²) in [7, 11) is 0. The average molecular weight is 373 g/mol. The summed E-state index contributed by atoms with van der Waals surface area (Å²) in [6, 6.07) is 12.4. The van der Waals surface area contributed by atoms with Crippen LogP contribution < -0.4 is 5.32 Å². The quantitative estimate of drug-likeness (QED) is 0.542. The summed E-state index contributed by atoms with van der Waals surface area (Å²) in [5.41, 5.74) is 1.89. The van der Waals surface area contributed by atoms with Gasteiger partial charge in [0.25, 0.3) is 11.8 Å². The van der Waals surface area contributed by atoms with E-state index in [-0.39, 0.29) is 17.8 Å². The minimum atomic E-state index is -0.352. The maximum Gasteiger partial charge on any atom is 0.322 e. The zero-order valence-corrected chi connectivity index (χ0v) is 14.1. The molecule has 0 unspecified atom stereocenters. The molecule has 2 N–H and O–H groups in total. The van der Waals surface area contributed by atoms with E-state index >= 15 is 0 Å². The first-order valence-corrected chi connectivity index (χ1v) is 8.04. The van der Waals surface area contributed by atoms with Crippen molar-refractivity contribution in [2.24, 2.45) is 0 Å². The first kappa shape index (κ1) is 15.7. The molecule has 0 spiro atoms. The Balaban J connectivity index is 1.59. The van der Waals surface area contributed by atoms with E-state index in [0.29, 0.717) is 21.2 Å². The van der Waals surface area contributed by atoms with E-state index < -0.39 is 0 Å². The fourth-order valence-electron chi connectivity index (χ4n) is 2.47. The summed E-state index contributed by atoms with van der Waals surface area (Å²) in [5.74, 6) is -0.161. The second-order valence-electron chi connectivity index (χ2n) is 5.24. The lowest BCUT2D eigenvalue weighted by atomic mass is 10.2. The Morgan fingerprint density at radius 1 is 1.12 bits per heavy atom. The topological polar surface area (TPSA) is 83.8 Å². The summed E-state index contributed by atoms with van der Waals surface area (Å²) in [6.07, 6.45) is 1.63. The fraction of sp³-hybridized carbons (Fsp3) is 0. The molecule has 0 aliphatic rings. The summed E-state index contributed by atoms with van der Waals surface area (Å²) < 4.78 is 5.48. The van der Waals surface area contributed by atoms with Crippen molar-refractivity contribution in [2.45, 2.75) is 0 Å². The maximum absolute atomic E-state index is 12.4. The standard InChI is InChI=1S/C17H10Cl2N4O2/c18-9-5-6-11(13(19)7-9)16-22-23-17(25-16)21-15(24)12-8-20-14-4-2-1-3-10(12)14/h1-8,20H,(H,21,23,24). The number of benzene rings is 2. The van der Waals surface area contributed by atoms with E-state index in [9.17, 15) is 4.79 Å². The van der Waals surface area contributed by atoms with Crippen molar-refractivity contribution >= 4 is 46.0 Å². The molecule has 0 aliphatic heterocycles. The molecule has 4 aromatic rings. The number of hydrogen-bond donors (Lipinski definition) is 2. The number of halogens is 2. The zero-order chi connectivity index (χ0) is 17.4. The Hall–Kier alpha value is -2.83. The highest BCUT2D eigenvalue weighted by atomic mass is 35.5. The minimum Gasteiger partial charge on any atom is -0.403 e. The number of hydrogen-bond acceptors (Lipinski definition) is 4. The minimum absolute atomic E-state index is 0.0173. The molecule has 0 fully saturated rings. The van der Waals surface area contributed by atoms with Crippen LogP contribution in [0.3, 0.4) is 0 Å². The van der Waals surface area contributed by atoms with Crippen molar-refractivity contribution in [3.05, 3.63) is 64.3 Å². The summed E-state index contributed by atoms with van der Waals surface area (Å²) in [5, 5.41) is 12.0. The van der Waals surface area contributed by atoms with Crippen molar-refractivity contribution in [3.8, 4) is 11.5 Å². The van der Waals surface area contributed by atoms with Crippen LogP contribution in [0.15, 0.2) is 53.1 Å². The van der Waals surface area contributed by atoms with E-state index in [1.807, 2.05) is 24.3 Å². The van der Waals surface area contributed by atoms with Gasteiger partial charge in [-0.15, -0.1) is 5.10 Å². The molecule has 0 radical (unpaired) electrons. The van der Waals surface area contributed by atoms with Crippen LogP contribution in [0.1, 0.15) is 10.4 Å². The number of aromatic amines is 1. The van der Waals surface area contributed by atoms with Crippen LogP contribution >= 0.6 is 23.2 Å². The molecular formula is C17H10Cl2N4O2. The van der Waals surface area contributed by atoms with E-state index in [0.717, 1.165) is 10.9 Å². The van der Waals surface area contributed by atoms with E-state index in [1.165, 1.54) is 0 Å². The predicted molar refractivity (Wildman–Crippen MR) is 96.0 cm³/mol. The van der Waals surface area contributed by atoms with E-state index in [2.05, 4.69) is 20.5 Å². The van der Waals surface area contributed by atoms with Gasteiger partial charge in [-0.2, -0.15) is 0 Å². The van der Waals surface area contributed by atoms with Crippen LogP contribution in [0, 0.1) is 0 Å². The second-order valence-corrected chi connectivity index (χ2v) is 6.08. The number of fused-ring (bicyclic) bond motifs is 1. The van der Waals surface area contributed by atoms with Gasteiger partial charge in [0.2, 0.25) is 0 Å². The number of nitrogens with one attached hydrogen (secondary N) is 2. The molecule has 0 atom stereocenters. The highest BCUT2D eigenvalue weighted by Crippen LogP contribution is 2.30. The Kier molecular flexibility index (Phi) is 3.91. The normalized spacial score (nSPS) is 11.0. The van der Waals surface area contributed by atoms with Gasteiger partial charge in [-0.05, 0) is 24.3 Å². The zero-order valence-electron chi connectivity index (χ0n) is 12.6. The van der Waals surface area contributed by atoms with Gasteiger partial charge in [0.15, 0.2) is 0 Å². The van der Waals surface area contributed by atoms with Crippen molar-refractivity contribution in [1.29, 1.82) is 0 Å². The monoisotopic (exact) mass is 372 g/mol. The third kappa shape index (κ3) is 2.97. The number of anilines is 1. The van der Waals surface area contributed by atoms with E-state index in [4.69, 9.17) is 27.6 Å². The van der Waals surface area contributed by atoms with Crippen LogP contribution in [0.5, 0.6) is 0 Å². The molecule has 124 valence electrons. The molecule has 2 aromatic carbocycles. The van der Waals surface area contributed by atoms with Gasteiger partial charge >= 0.3 is 6.01 Å². The molecule has 2 heterocycles. The Labute approximate surface area is 151 Å². The van der Waals surface area contributed by atoms with Gasteiger partial charge in [-0.1, -0.05) is 46.5 Å². The van der Waals surface area contributed by atoms with Crippen molar-refractivity contribution in [2.75, 3.05) is 5.32 Å². The number of carbonyl (C=O) groups excluding carboxylic acids is 1. The summed E-state index contributed by atoms with van der Waals surface area (Å²) in [4.78, 5) is 15.5. The molecule has 0 bridgehead atoms. The SMILES string of the molecule is O=C(Nc1nnc(-c2ccc(Cl)cc2Cl)o1)c1c[nH]c2ccccc12. The van der Waals surface area contributed by atoms with Crippen molar-refractivity contribution < 1.29 is 9.21 Å². The molecule has 2 aromatic heterocycles. The molecule has 1 amide bonds. The number of rotatable bonds is 3. The van der Waals surface area contributed by atoms with Crippen LogP contribution in [0.25, 0.3) is 22.4 Å². The molecule has 8 heteroatoms. The number of carbonyl (C=O) groups is 1. The number of aromatic nitrogens is 3. The molecule has 4 rings (SSSR count). The molecule has 0 saturated heterocycles. The van der Waals surface area contributed by atoms with Gasteiger partial charge in [0.1, 0.15) is 0 Å². The van der Waals surface area contributed by atoms with Crippen molar-refractivity contribution in [3.63, 3.8) is 0 Å². The lowest BCUT2D eigenvalue weighted by Crippen LogP contribution is -2.11. The second kappa shape index (κ2) is 6.23. The molecule has 25 heavy (non-hydrogen) atoms. The maximum atomic E-state index is 12.4. The smallest absolute Gasteiger partial charge is 0.322 e. The number of H-pyrrole nitrogens is 1. The third-order valence-electron chi connectivity index (χ3n) is 3.64. The summed E-state index contributed by atoms with van der Waals surface area (Å²) in [6.45, 7) is 0. The molecule has 0 saturated carbocycles. The molecule has 0 aliphatic carbocycles. The van der Waals surface area contributed by atoms with Gasteiger partial charge < -0.3 is 9.40 Å². The Morgan fingerprint density at radius 3 is 2.80 bits per heavy atom. The van der Waals surface area contributed by atoms with Gasteiger partial charge in [0, 0.05) is 22.1 Å². The molecular weight excluding hydrogens is 363 g/mol. The largest absolute Gasteiger partial charge is 0.403 e. The van der Waals surface area contributed by atoms with Gasteiger partial charge in [-0.25, -0.2) is 0 Å². The predicted octanol–water partition coefficient (Wildman–Crippen LogP) is 4.78.